The number of nitrogens with zero attached hydrogens (tertiary/aromatic N) is 2. The van der Waals surface area contributed by atoms with Crippen molar-refractivity contribution in [3.8, 4) is 5.75 Å². The SMILES string of the molecule is Cc1ccc(Cl)c(OCC(=O)OCc2cc(=O)n3ccsc3n2)c1. The van der Waals surface area contributed by atoms with Crippen LogP contribution in [0.5, 0.6) is 5.75 Å². The molecule has 0 fully saturated rings. The first-order chi connectivity index (χ1) is 11.5. The first kappa shape index (κ1) is 16.5. The van der Waals surface area contributed by atoms with Gasteiger partial charge in [-0.15, -0.1) is 11.3 Å². The van der Waals surface area contributed by atoms with Crippen molar-refractivity contribution in [3.05, 3.63) is 62.5 Å². The van der Waals surface area contributed by atoms with Crippen LogP contribution in [0.4, 0.5) is 0 Å². The summed E-state index contributed by atoms with van der Waals surface area (Å²) in [5.74, 6) is -0.147. The summed E-state index contributed by atoms with van der Waals surface area (Å²) in [5, 5.41) is 2.19. The van der Waals surface area contributed by atoms with Gasteiger partial charge in [-0.1, -0.05) is 17.7 Å². The number of halogens is 1. The first-order valence-electron chi connectivity index (χ1n) is 7.03. The average Bonchev–Trinajstić information content (AvgIpc) is 3.03. The van der Waals surface area contributed by atoms with Crippen LogP contribution in [0.2, 0.25) is 5.02 Å². The lowest BCUT2D eigenvalue weighted by Gasteiger charge is -2.09. The Morgan fingerprint density at radius 2 is 2.21 bits per heavy atom. The fraction of sp³-hybridized carbons (Fsp3) is 0.188. The Bertz CT molecular complexity index is 951. The van der Waals surface area contributed by atoms with Crippen LogP contribution >= 0.6 is 22.9 Å². The Hall–Kier alpha value is -2.38. The Balaban J connectivity index is 1.58. The summed E-state index contributed by atoms with van der Waals surface area (Å²) in [7, 11) is 0. The van der Waals surface area contributed by atoms with Gasteiger partial charge in [0, 0.05) is 17.6 Å². The number of aryl methyl sites for hydroxylation is 1. The fourth-order valence-electron chi connectivity index (χ4n) is 2.02. The van der Waals surface area contributed by atoms with Gasteiger partial charge in [0.25, 0.3) is 5.56 Å². The molecule has 3 aromatic rings. The Morgan fingerprint density at radius 1 is 1.38 bits per heavy atom. The molecule has 0 aliphatic heterocycles. The molecule has 0 N–H and O–H groups in total. The van der Waals surface area contributed by atoms with Gasteiger partial charge in [0.15, 0.2) is 11.6 Å². The van der Waals surface area contributed by atoms with Crippen LogP contribution in [-0.2, 0) is 16.1 Å². The Morgan fingerprint density at radius 3 is 3.04 bits per heavy atom. The molecule has 0 amide bonds. The van der Waals surface area contributed by atoms with E-state index in [1.807, 2.05) is 13.0 Å². The minimum Gasteiger partial charge on any atom is -0.480 e. The van der Waals surface area contributed by atoms with Crippen LogP contribution in [-0.4, -0.2) is 22.0 Å². The van der Waals surface area contributed by atoms with Gasteiger partial charge >= 0.3 is 5.97 Å². The third-order valence-corrected chi connectivity index (χ3v) is 4.24. The van der Waals surface area contributed by atoms with Crippen LogP contribution in [0.15, 0.2) is 40.6 Å². The van der Waals surface area contributed by atoms with Gasteiger partial charge in [-0.25, -0.2) is 9.78 Å². The van der Waals surface area contributed by atoms with Crippen LogP contribution in [0, 0.1) is 6.92 Å². The molecule has 2 heterocycles. The van der Waals surface area contributed by atoms with E-state index < -0.39 is 5.97 Å². The van der Waals surface area contributed by atoms with E-state index in [1.165, 1.54) is 21.8 Å². The summed E-state index contributed by atoms with van der Waals surface area (Å²) in [4.78, 5) is 28.4. The second kappa shape index (κ2) is 7.02. The van der Waals surface area contributed by atoms with Gasteiger partial charge < -0.3 is 9.47 Å². The van der Waals surface area contributed by atoms with Crippen LogP contribution in [0.1, 0.15) is 11.3 Å². The number of thiazole rings is 1. The third kappa shape index (κ3) is 3.74. The molecule has 0 unspecified atom stereocenters. The van der Waals surface area contributed by atoms with Crippen molar-refractivity contribution < 1.29 is 14.3 Å². The maximum Gasteiger partial charge on any atom is 0.344 e. The Kier molecular flexibility index (Phi) is 4.82. The molecule has 0 atom stereocenters. The molecule has 0 spiro atoms. The monoisotopic (exact) mass is 364 g/mol. The molecular formula is C16H13ClN2O4S. The predicted octanol–water partition coefficient (Wildman–Crippen LogP) is 2.84. The van der Waals surface area contributed by atoms with Gasteiger partial charge in [-0.05, 0) is 24.6 Å². The maximum absolute atomic E-state index is 11.8. The number of carbonyl (C=O) groups is 1. The van der Waals surface area contributed by atoms with Crippen LogP contribution in [0.3, 0.4) is 0 Å². The van der Waals surface area contributed by atoms with Crippen molar-refractivity contribution in [1.82, 2.24) is 9.38 Å². The number of esters is 1. The molecule has 24 heavy (non-hydrogen) atoms. The molecule has 1 aromatic carbocycles. The molecule has 0 radical (unpaired) electrons. The van der Waals surface area contributed by atoms with Gasteiger partial charge in [0.05, 0.1) is 10.7 Å². The highest BCUT2D eigenvalue weighted by molar-refractivity contribution is 7.15. The van der Waals surface area contributed by atoms with E-state index in [9.17, 15) is 9.59 Å². The zero-order valence-corrected chi connectivity index (χ0v) is 14.3. The summed E-state index contributed by atoms with van der Waals surface area (Å²) < 4.78 is 11.9. The summed E-state index contributed by atoms with van der Waals surface area (Å²) in [6.45, 7) is 1.53. The molecule has 8 heteroatoms. The predicted molar refractivity (Wildman–Crippen MR) is 90.8 cm³/mol. The number of hydrogen-bond donors (Lipinski definition) is 0. The van der Waals surface area contributed by atoms with E-state index in [2.05, 4.69) is 4.98 Å². The summed E-state index contributed by atoms with van der Waals surface area (Å²) in [5.41, 5.74) is 1.15. The number of hydrogen-bond acceptors (Lipinski definition) is 6. The van der Waals surface area contributed by atoms with Gasteiger partial charge in [0.1, 0.15) is 12.4 Å². The number of carbonyl (C=O) groups excluding carboxylic acids is 1. The number of rotatable bonds is 5. The highest BCUT2D eigenvalue weighted by Crippen LogP contribution is 2.25. The van der Waals surface area contributed by atoms with E-state index in [-0.39, 0.29) is 18.8 Å². The fourth-order valence-corrected chi connectivity index (χ4v) is 2.93. The van der Waals surface area contributed by atoms with Crippen molar-refractivity contribution in [2.75, 3.05) is 6.61 Å². The molecule has 0 saturated carbocycles. The standard InChI is InChI=1S/C16H13ClN2O4S/c1-10-2-3-12(17)13(6-10)22-9-15(21)23-8-11-7-14(20)19-4-5-24-16(19)18-11/h2-7H,8-9H2,1H3. The average molecular weight is 365 g/mol. The van der Waals surface area contributed by atoms with Gasteiger partial charge in [-0.3, -0.25) is 9.20 Å². The van der Waals surface area contributed by atoms with E-state index in [0.29, 0.717) is 21.4 Å². The van der Waals surface area contributed by atoms with E-state index in [4.69, 9.17) is 21.1 Å². The summed E-state index contributed by atoms with van der Waals surface area (Å²) in [6, 6.07) is 6.62. The molecule has 2 aromatic heterocycles. The third-order valence-electron chi connectivity index (χ3n) is 3.17. The number of ether oxygens (including phenoxy) is 2. The molecule has 6 nitrogen and oxygen atoms in total. The lowest BCUT2D eigenvalue weighted by molar-refractivity contribution is -0.147. The highest BCUT2D eigenvalue weighted by atomic mass is 35.5. The molecule has 0 aliphatic carbocycles. The van der Waals surface area contributed by atoms with Gasteiger partial charge in [-0.2, -0.15) is 0 Å². The zero-order valence-electron chi connectivity index (χ0n) is 12.7. The zero-order chi connectivity index (χ0) is 17.1. The van der Waals surface area contributed by atoms with Crippen LogP contribution < -0.4 is 10.3 Å². The first-order valence-corrected chi connectivity index (χ1v) is 8.29. The number of aromatic nitrogens is 2. The second-order valence-corrected chi connectivity index (χ2v) is 6.30. The summed E-state index contributed by atoms with van der Waals surface area (Å²) >= 11 is 7.32. The normalized spacial score (nSPS) is 10.8. The van der Waals surface area contributed by atoms with Crippen molar-refractivity contribution in [2.24, 2.45) is 0 Å². The van der Waals surface area contributed by atoms with Crippen molar-refractivity contribution in [2.45, 2.75) is 13.5 Å². The largest absolute Gasteiger partial charge is 0.480 e. The maximum atomic E-state index is 11.8. The lowest BCUT2D eigenvalue weighted by atomic mass is 10.2. The minimum absolute atomic E-state index is 0.0899. The quantitative estimate of drug-likeness (QED) is 0.651. The molecule has 0 bridgehead atoms. The van der Waals surface area contributed by atoms with Crippen molar-refractivity contribution >= 4 is 33.9 Å². The highest BCUT2D eigenvalue weighted by Gasteiger charge is 2.09. The smallest absolute Gasteiger partial charge is 0.344 e. The number of benzene rings is 1. The molecule has 0 aliphatic rings. The minimum atomic E-state index is -0.569. The molecule has 0 saturated heterocycles. The van der Waals surface area contributed by atoms with E-state index in [1.54, 1.807) is 23.7 Å². The van der Waals surface area contributed by atoms with Crippen molar-refractivity contribution in [1.29, 1.82) is 0 Å². The van der Waals surface area contributed by atoms with Crippen molar-refractivity contribution in [3.63, 3.8) is 0 Å². The molecule has 124 valence electrons. The van der Waals surface area contributed by atoms with E-state index in [0.717, 1.165) is 5.56 Å². The van der Waals surface area contributed by atoms with Gasteiger partial charge in [0.2, 0.25) is 0 Å². The Labute approximate surface area is 146 Å². The second-order valence-electron chi connectivity index (χ2n) is 5.02. The topological polar surface area (TPSA) is 69.9 Å². The number of fused-ring (bicyclic) bond motifs is 1. The molecular weight excluding hydrogens is 352 g/mol. The van der Waals surface area contributed by atoms with E-state index >= 15 is 0 Å². The van der Waals surface area contributed by atoms with Crippen LogP contribution in [0.25, 0.3) is 4.96 Å². The molecule has 3 rings (SSSR count). The lowest BCUT2D eigenvalue weighted by Crippen LogP contribution is -2.17. The summed E-state index contributed by atoms with van der Waals surface area (Å²) in [6.07, 6.45) is 1.64.